The lowest BCUT2D eigenvalue weighted by Crippen LogP contribution is -2.49. The van der Waals surface area contributed by atoms with Crippen LogP contribution in [0, 0.1) is 5.41 Å². The maximum atomic E-state index is 12.5. The lowest BCUT2D eigenvalue weighted by Gasteiger charge is -2.30. The van der Waals surface area contributed by atoms with E-state index in [0.29, 0.717) is 23.1 Å². The molecule has 1 saturated heterocycles. The van der Waals surface area contributed by atoms with Crippen molar-refractivity contribution < 1.29 is 9.59 Å². The van der Waals surface area contributed by atoms with Crippen molar-refractivity contribution in [3.63, 3.8) is 0 Å². The fourth-order valence-electron chi connectivity index (χ4n) is 3.25. The molecule has 1 saturated carbocycles. The van der Waals surface area contributed by atoms with Gasteiger partial charge in [0, 0.05) is 36.8 Å². The quantitative estimate of drug-likeness (QED) is 0.774. The highest BCUT2D eigenvalue weighted by molar-refractivity contribution is 5.99. The Labute approximate surface area is 137 Å². The summed E-state index contributed by atoms with van der Waals surface area (Å²) in [6.07, 6.45) is 4.48. The second kappa shape index (κ2) is 6.71. The first-order valence-electron chi connectivity index (χ1n) is 8.52. The minimum Gasteiger partial charge on any atom is -0.352 e. The number of rotatable bonds is 5. The van der Waals surface area contributed by atoms with E-state index in [1.165, 1.54) is 12.8 Å². The van der Waals surface area contributed by atoms with Crippen LogP contribution in [-0.2, 0) is 0 Å². The van der Waals surface area contributed by atoms with Crippen molar-refractivity contribution in [1.82, 2.24) is 16.0 Å². The zero-order valence-corrected chi connectivity index (χ0v) is 13.7. The third kappa shape index (κ3) is 3.91. The van der Waals surface area contributed by atoms with Gasteiger partial charge in [0.25, 0.3) is 11.8 Å². The third-order valence-electron chi connectivity index (χ3n) is 4.78. The van der Waals surface area contributed by atoms with Crippen LogP contribution in [0.25, 0.3) is 0 Å². The van der Waals surface area contributed by atoms with E-state index >= 15 is 0 Å². The summed E-state index contributed by atoms with van der Waals surface area (Å²) in [5.74, 6) is -0.225. The number of hydrogen-bond acceptors (Lipinski definition) is 3. The highest BCUT2D eigenvalue weighted by Crippen LogP contribution is 2.50. The molecule has 124 valence electrons. The molecule has 0 bridgehead atoms. The normalized spacial score (nSPS) is 21.7. The summed E-state index contributed by atoms with van der Waals surface area (Å²) >= 11 is 0. The van der Waals surface area contributed by atoms with Crippen molar-refractivity contribution in [1.29, 1.82) is 0 Å². The van der Waals surface area contributed by atoms with Gasteiger partial charge in [0.05, 0.1) is 0 Å². The monoisotopic (exact) mass is 315 g/mol. The molecular formula is C18H25N3O2. The van der Waals surface area contributed by atoms with Crippen LogP contribution < -0.4 is 16.0 Å². The molecule has 23 heavy (non-hydrogen) atoms. The van der Waals surface area contributed by atoms with Crippen molar-refractivity contribution in [2.45, 2.75) is 38.6 Å². The van der Waals surface area contributed by atoms with E-state index in [2.05, 4.69) is 16.0 Å². The SMILES string of the molecule is CCCNC(=O)c1cccc(C(=O)NC2CNCC3(CC3)C2)c1. The Hall–Kier alpha value is -1.88. The molecule has 1 heterocycles. The second-order valence-corrected chi connectivity index (χ2v) is 6.84. The molecule has 2 amide bonds. The smallest absolute Gasteiger partial charge is 0.251 e. The van der Waals surface area contributed by atoms with Crippen LogP contribution in [0.15, 0.2) is 24.3 Å². The topological polar surface area (TPSA) is 70.2 Å². The maximum Gasteiger partial charge on any atom is 0.251 e. The van der Waals surface area contributed by atoms with E-state index in [-0.39, 0.29) is 17.9 Å². The van der Waals surface area contributed by atoms with E-state index in [9.17, 15) is 9.59 Å². The Morgan fingerprint density at radius 1 is 1.26 bits per heavy atom. The van der Waals surface area contributed by atoms with Gasteiger partial charge in [0.1, 0.15) is 0 Å². The van der Waals surface area contributed by atoms with E-state index < -0.39 is 0 Å². The fourth-order valence-corrected chi connectivity index (χ4v) is 3.25. The predicted octanol–water partition coefficient (Wildman–Crippen LogP) is 1.70. The summed E-state index contributed by atoms with van der Waals surface area (Å²) in [4.78, 5) is 24.5. The lowest BCUT2D eigenvalue weighted by atomic mass is 9.92. The molecule has 1 aliphatic carbocycles. The molecule has 1 unspecified atom stereocenters. The van der Waals surface area contributed by atoms with Crippen molar-refractivity contribution in [3.05, 3.63) is 35.4 Å². The number of carbonyl (C=O) groups is 2. The maximum absolute atomic E-state index is 12.5. The first-order valence-corrected chi connectivity index (χ1v) is 8.52. The molecule has 0 aromatic heterocycles. The number of hydrogen-bond donors (Lipinski definition) is 3. The molecule has 5 nitrogen and oxygen atoms in total. The summed E-state index contributed by atoms with van der Waals surface area (Å²) in [5.41, 5.74) is 1.51. The standard InChI is InChI=1S/C18H25N3O2/c1-2-8-20-16(22)13-4-3-5-14(9-13)17(23)21-15-10-18(6-7-18)12-19-11-15/h3-5,9,15,19H,2,6-8,10-12H2,1H3,(H,20,22)(H,21,23). The zero-order chi connectivity index (χ0) is 16.3. The van der Waals surface area contributed by atoms with Crippen LogP contribution in [0.5, 0.6) is 0 Å². The Bertz CT molecular complexity index is 596. The number of carbonyl (C=O) groups excluding carboxylic acids is 2. The van der Waals surface area contributed by atoms with Gasteiger partial charge in [-0.25, -0.2) is 0 Å². The Balaban J connectivity index is 1.61. The van der Waals surface area contributed by atoms with Gasteiger partial charge in [-0.05, 0) is 49.3 Å². The highest BCUT2D eigenvalue weighted by atomic mass is 16.2. The van der Waals surface area contributed by atoms with Crippen LogP contribution >= 0.6 is 0 Å². The van der Waals surface area contributed by atoms with Gasteiger partial charge in [-0.3, -0.25) is 9.59 Å². The molecule has 3 rings (SSSR count). The molecule has 3 N–H and O–H groups in total. The largest absolute Gasteiger partial charge is 0.352 e. The Morgan fingerprint density at radius 2 is 2.00 bits per heavy atom. The second-order valence-electron chi connectivity index (χ2n) is 6.84. The van der Waals surface area contributed by atoms with E-state index in [0.717, 1.165) is 25.9 Å². The highest BCUT2D eigenvalue weighted by Gasteiger charge is 2.46. The van der Waals surface area contributed by atoms with Gasteiger partial charge in [-0.1, -0.05) is 13.0 Å². The van der Waals surface area contributed by atoms with Crippen LogP contribution in [0.4, 0.5) is 0 Å². The third-order valence-corrected chi connectivity index (χ3v) is 4.78. The van der Waals surface area contributed by atoms with Crippen molar-refractivity contribution in [2.75, 3.05) is 19.6 Å². The minimum atomic E-state index is -0.127. The van der Waals surface area contributed by atoms with Crippen molar-refractivity contribution >= 4 is 11.8 Å². The van der Waals surface area contributed by atoms with Gasteiger partial charge >= 0.3 is 0 Å². The lowest BCUT2D eigenvalue weighted by molar-refractivity contribution is 0.0921. The summed E-state index contributed by atoms with van der Waals surface area (Å²) in [6.45, 7) is 4.55. The molecule has 1 spiro atoms. The van der Waals surface area contributed by atoms with Gasteiger partial charge in [-0.15, -0.1) is 0 Å². The molecule has 1 aromatic rings. The Kier molecular flexibility index (Phi) is 4.66. The van der Waals surface area contributed by atoms with Crippen molar-refractivity contribution in [3.8, 4) is 0 Å². The first-order chi connectivity index (χ1) is 11.1. The minimum absolute atomic E-state index is 0.0976. The average molecular weight is 315 g/mol. The van der Waals surface area contributed by atoms with Crippen molar-refractivity contribution in [2.24, 2.45) is 5.41 Å². The molecular weight excluding hydrogens is 290 g/mol. The van der Waals surface area contributed by atoms with Crippen LogP contribution in [0.2, 0.25) is 0 Å². The van der Waals surface area contributed by atoms with Gasteiger partial charge in [0.15, 0.2) is 0 Å². The molecule has 5 heteroatoms. The van der Waals surface area contributed by atoms with Gasteiger partial charge in [0.2, 0.25) is 0 Å². The number of amides is 2. The number of piperidine rings is 1. The van der Waals surface area contributed by atoms with Gasteiger partial charge < -0.3 is 16.0 Å². The fraction of sp³-hybridized carbons (Fsp3) is 0.556. The molecule has 1 aliphatic heterocycles. The molecule has 2 fully saturated rings. The predicted molar refractivity (Wildman–Crippen MR) is 89.5 cm³/mol. The molecule has 1 aromatic carbocycles. The van der Waals surface area contributed by atoms with E-state index in [4.69, 9.17) is 0 Å². The van der Waals surface area contributed by atoms with Crippen LogP contribution in [0.1, 0.15) is 53.3 Å². The molecule has 2 aliphatic rings. The number of nitrogens with one attached hydrogen (secondary N) is 3. The summed E-state index contributed by atoms with van der Waals surface area (Å²) in [7, 11) is 0. The molecule has 0 radical (unpaired) electrons. The zero-order valence-electron chi connectivity index (χ0n) is 13.7. The summed E-state index contributed by atoms with van der Waals surface area (Å²) in [5, 5.41) is 9.36. The summed E-state index contributed by atoms with van der Waals surface area (Å²) < 4.78 is 0. The number of benzene rings is 1. The van der Waals surface area contributed by atoms with E-state index in [1.807, 2.05) is 6.92 Å². The van der Waals surface area contributed by atoms with Crippen LogP contribution in [-0.4, -0.2) is 37.5 Å². The first kappa shape index (κ1) is 16.0. The van der Waals surface area contributed by atoms with Crippen LogP contribution in [0.3, 0.4) is 0 Å². The summed E-state index contributed by atoms with van der Waals surface area (Å²) in [6, 6.07) is 7.11. The Morgan fingerprint density at radius 3 is 2.70 bits per heavy atom. The average Bonchev–Trinajstić information content (AvgIpc) is 3.31. The molecule has 1 atom stereocenters. The van der Waals surface area contributed by atoms with Gasteiger partial charge in [-0.2, -0.15) is 0 Å². The van der Waals surface area contributed by atoms with E-state index in [1.54, 1.807) is 24.3 Å².